The minimum absolute atomic E-state index is 0.0779. The van der Waals surface area contributed by atoms with Crippen LogP contribution in [-0.2, 0) is 22.6 Å². The number of aliphatic hydroxyl groups excluding tert-OH is 1. The summed E-state index contributed by atoms with van der Waals surface area (Å²) in [5.41, 5.74) is -0.564. The van der Waals surface area contributed by atoms with Gasteiger partial charge in [-0.1, -0.05) is 0 Å². The lowest BCUT2D eigenvalue weighted by Gasteiger charge is -2.23. The van der Waals surface area contributed by atoms with E-state index in [4.69, 9.17) is 9.47 Å². The average molecular weight is 324 g/mol. The maximum atomic E-state index is 11.3. The molecule has 7 nitrogen and oxygen atoms in total. The zero-order valence-electron chi connectivity index (χ0n) is 13.1. The Labute approximate surface area is 133 Å². The van der Waals surface area contributed by atoms with Crippen molar-refractivity contribution in [2.45, 2.75) is 44.8 Å². The summed E-state index contributed by atoms with van der Waals surface area (Å²) >= 11 is 0. The predicted molar refractivity (Wildman–Crippen MR) is 79.6 cm³/mol. The minimum atomic E-state index is -1.33. The lowest BCUT2D eigenvalue weighted by Crippen LogP contribution is -2.24. The van der Waals surface area contributed by atoms with Crippen LogP contribution in [-0.4, -0.2) is 40.0 Å². The number of methoxy groups -OCH3 is 1. The monoisotopic (exact) mass is 324 g/mol. The van der Waals surface area contributed by atoms with Gasteiger partial charge in [-0.05, 0) is 37.8 Å². The highest BCUT2D eigenvalue weighted by molar-refractivity contribution is 5.93. The molecule has 1 heterocycles. The topological polar surface area (TPSA) is 113 Å². The first kappa shape index (κ1) is 17.1. The Hall–Kier alpha value is -2.28. The van der Waals surface area contributed by atoms with Crippen molar-refractivity contribution < 1.29 is 34.4 Å². The van der Waals surface area contributed by atoms with Crippen LogP contribution < -0.4 is 4.74 Å². The smallest absolute Gasteiger partial charge is 0.339 e. The first-order valence-corrected chi connectivity index (χ1v) is 7.29. The van der Waals surface area contributed by atoms with Crippen molar-refractivity contribution in [1.82, 2.24) is 0 Å². The number of aromatic hydroxyl groups is 1. The van der Waals surface area contributed by atoms with Crippen LogP contribution in [0.25, 0.3) is 0 Å². The van der Waals surface area contributed by atoms with Gasteiger partial charge in [0.25, 0.3) is 0 Å². The molecule has 23 heavy (non-hydrogen) atoms. The van der Waals surface area contributed by atoms with Gasteiger partial charge in [-0.25, -0.2) is 4.79 Å². The van der Waals surface area contributed by atoms with E-state index in [0.717, 1.165) is 0 Å². The normalized spacial score (nSPS) is 20.4. The number of benzene rings is 1. The molecular formula is C16H20O7. The first-order valence-electron chi connectivity index (χ1n) is 7.29. The van der Waals surface area contributed by atoms with E-state index in [0.29, 0.717) is 30.6 Å². The summed E-state index contributed by atoms with van der Waals surface area (Å²) in [5, 5.41) is 28.9. The summed E-state index contributed by atoms with van der Waals surface area (Å²) in [6, 6.07) is 1.40. The largest absolute Gasteiger partial charge is 0.507 e. The summed E-state index contributed by atoms with van der Waals surface area (Å²) in [6.45, 7) is 1.28. The quantitative estimate of drug-likeness (QED) is 0.681. The van der Waals surface area contributed by atoms with E-state index in [1.165, 1.54) is 13.2 Å². The van der Waals surface area contributed by atoms with Gasteiger partial charge in [0.15, 0.2) is 0 Å². The van der Waals surface area contributed by atoms with Crippen molar-refractivity contribution in [3.63, 3.8) is 0 Å². The molecule has 3 N–H and O–H groups in total. The number of hydrogen-bond donors (Lipinski definition) is 3. The van der Waals surface area contributed by atoms with Crippen molar-refractivity contribution in [2.75, 3.05) is 7.11 Å². The highest BCUT2D eigenvalue weighted by Crippen LogP contribution is 2.38. The molecule has 2 rings (SSSR count). The molecule has 0 amide bonds. The summed E-state index contributed by atoms with van der Waals surface area (Å²) in [5.74, 6) is -1.71. The number of hydrogen-bond acceptors (Lipinski definition) is 6. The number of aliphatic hydroxyl groups is 1. The van der Waals surface area contributed by atoms with E-state index in [1.807, 2.05) is 6.92 Å². The Morgan fingerprint density at radius 1 is 1.48 bits per heavy atom. The Morgan fingerprint density at radius 2 is 2.17 bits per heavy atom. The van der Waals surface area contributed by atoms with Gasteiger partial charge in [0.1, 0.15) is 22.7 Å². The van der Waals surface area contributed by atoms with E-state index in [1.54, 1.807) is 0 Å². The van der Waals surface area contributed by atoms with Crippen molar-refractivity contribution in [3.05, 3.63) is 22.8 Å². The third-order valence-corrected chi connectivity index (χ3v) is 4.17. The molecule has 0 spiro atoms. The molecule has 7 heteroatoms. The number of carbonyl (C=O) groups is 2. The highest BCUT2D eigenvalue weighted by Gasteiger charge is 2.36. The van der Waals surface area contributed by atoms with Gasteiger partial charge < -0.3 is 24.8 Å². The lowest BCUT2D eigenvalue weighted by molar-refractivity contribution is -0.147. The van der Waals surface area contributed by atoms with Crippen LogP contribution in [0, 0.1) is 0 Å². The van der Waals surface area contributed by atoms with E-state index < -0.39 is 23.9 Å². The van der Waals surface area contributed by atoms with Gasteiger partial charge in [0.2, 0.25) is 0 Å². The zero-order valence-corrected chi connectivity index (χ0v) is 13.1. The van der Waals surface area contributed by atoms with Crippen molar-refractivity contribution in [1.29, 1.82) is 0 Å². The molecular weight excluding hydrogens is 304 g/mol. The minimum Gasteiger partial charge on any atom is -0.507 e. The van der Waals surface area contributed by atoms with Gasteiger partial charge >= 0.3 is 11.9 Å². The van der Waals surface area contributed by atoms with Crippen molar-refractivity contribution >= 4 is 11.9 Å². The fourth-order valence-corrected chi connectivity index (χ4v) is 2.83. The molecule has 0 aliphatic carbocycles. The van der Waals surface area contributed by atoms with Gasteiger partial charge in [-0.15, -0.1) is 0 Å². The number of carboxylic acids is 1. The van der Waals surface area contributed by atoms with Crippen molar-refractivity contribution in [3.8, 4) is 11.5 Å². The lowest BCUT2D eigenvalue weighted by atomic mass is 9.91. The molecule has 0 radical (unpaired) electrons. The SMILES string of the molecule is COc1cc(CO)c(C(=O)O)c(O)c1CCC1(C)CCC(=O)O1. The molecule has 0 bridgehead atoms. The van der Waals surface area contributed by atoms with Gasteiger partial charge in [-0.2, -0.15) is 0 Å². The standard InChI is InChI=1S/C16H20O7/c1-16(6-4-12(18)23-16)5-3-10-11(22-2)7-9(8-17)13(14(10)19)15(20)21/h7,17,19H,3-6,8H2,1-2H3,(H,20,21). The number of carboxylic acid groups (broad SMARTS) is 1. The molecule has 1 aromatic rings. The van der Waals surface area contributed by atoms with E-state index in [2.05, 4.69) is 0 Å². The van der Waals surface area contributed by atoms with Crippen LogP contribution in [0.5, 0.6) is 11.5 Å². The van der Waals surface area contributed by atoms with Crippen LogP contribution in [0.2, 0.25) is 0 Å². The summed E-state index contributed by atoms with van der Waals surface area (Å²) in [7, 11) is 1.40. The maximum absolute atomic E-state index is 11.3. The molecule has 1 aromatic carbocycles. The number of esters is 1. The first-order chi connectivity index (χ1) is 10.8. The number of rotatable bonds is 6. The second-order valence-electron chi connectivity index (χ2n) is 5.83. The Morgan fingerprint density at radius 3 is 2.65 bits per heavy atom. The Kier molecular flexibility index (Phi) is 4.79. The second kappa shape index (κ2) is 6.45. The van der Waals surface area contributed by atoms with E-state index >= 15 is 0 Å². The number of aromatic carboxylic acids is 1. The molecule has 0 saturated carbocycles. The molecule has 1 fully saturated rings. The predicted octanol–water partition coefficient (Wildman–Crippen LogP) is 1.62. The number of carbonyl (C=O) groups excluding carboxylic acids is 1. The Bertz CT molecular complexity index is 638. The van der Waals surface area contributed by atoms with Crippen LogP contribution in [0.1, 0.15) is 47.7 Å². The number of cyclic esters (lactones) is 1. The molecule has 1 saturated heterocycles. The second-order valence-corrected chi connectivity index (χ2v) is 5.83. The van der Waals surface area contributed by atoms with Gasteiger partial charge in [0.05, 0.1) is 13.7 Å². The fourth-order valence-electron chi connectivity index (χ4n) is 2.83. The van der Waals surface area contributed by atoms with Crippen LogP contribution in [0.15, 0.2) is 6.07 Å². The number of ether oxygens (including phenoxy) is 2. The maximum Gasteiger partial charge on any atom is 0.339 e. The summed E-state index contributed by atoms with van der Waals surface area (Å²) in [4.78, 5) is 22.6. The summed E-state index contributed by atoms with van der Waals surface area (Å²) in [6.07, 6.45) is 1.64. The molecule has 1 aliphatic rings. The highest BCUT2D eigenvalue weighted by atomic mass is 16.6. The average Bonchev–Trinajstić information content (AvgIpc) is 2.84. The van der Waals surface area contributed by atoms with Crippen LogP contribution >= 0.6 is 0 Å². The van der Waals surface area contributed by atoms with E-state index in [9.17, 15) is 24.9 Å². The molecule has 126 valence electrons. The van der Waals surface area contributed by atoms with Gasteiger partial charge in [-0.3, -0.25) is 4.79 Å². The number of phenols is 1. The molecule has 0 aromatic heterocycles. The van der Waals surface area contributed by atoms with Crippen molar-refractivity contribution in [2.24, 2.45) is 0 Å². The van der Waals surface area contributed by atoms with Crippen LogP contribution in [0.3, 0.4) is 0 Å². The van der Waals surface area contributed by atoms with E-state index in [-0.39, 0.29) is 23.5 Å². The summed E-state index contributed by atoms with van der Waals surface area (Å²) < 4.78 is 10.5. The molecule has 1 atom stereocenters. The third-order valence-electron chi connectivity index (χ3n) is 4.17. The molecule has 1 aliphatic heterocycles. The zero-order chi connectivity index (χ0) is 17.2. The van der Waals surface area contributed by atoms with Gasteiger partial charge in [0, 0.05) is 12.0 Å². The molecule has 1 unspecified atom stereocenters. The Balaban J connectivity index is 2.35. The fraction of sp³-hybridized carbons (Fsp3) is 0.500. The van der Waals surface area contributed by atoms with Crippen LogP contribution in [0.4, 0.5) is 0 Å². The third kappa shape index (κ3) is 3.39.